The van der Waals surface area contributed by atoms with E-state index in [1.807, 2.05) is 36.9 Å². The number of carbonyl (C=O) groups excluding carboxylic acids is 1. The first kappa shape index (κ1) is 18.7. The highest BCUT2D eigenvalue weighted by Crippen LogP contribution is 2.34. The van der Waals surface area contributed by atoms with Gasteiger partial charge < -0.3 is 19.5 Å². The Morgan fingerprint density at radius 1 is 1.19 bits per heavy atom. The highest BCUT2D eigenvalue weighted by molar-refractivity contribution is 5.97. The highest BCUT2D eigenvalue weighted by atomic mass is 16.5. The molecule has 2 aliphatic rings. The van der Waals surface area contributed by atoms with Gasteiger partial charge in [0.2, 0.25) is 0 Å². The molecule has 0 aliphatic carbocycles. The minimum Gasteiger partial charge on any atom is -0.490 e. The zero-order valence-corrected chi connectivity index (χ0v) is 15.4. The molecular formula is C20H27NO5. The topological polar surface area (TPSA) is 76.1 Å². The number of nitrogens with zero attached hydrogens (tertiary/aromatic N) is 1. The van der Waals surface area contributed by atoms with Gasteiger partial charge in [-0.2, -0.15) is 0 Å². The Labute approximate surface area is 154 Å². The molecule has 3 rings (SSSR count). The second-order valence-corrected chi connectivity index (χ2v) is 7.36. The summed E-state index contributed by atoms with van der Waals surface area (Å²) in [6.45, 7) is 5.62. The number of carboxylic acids is 1. The fraction of sp³-hybridized carbons (Fsp3) is 0.600. The van der Waals surface area contributed by atoms with Crippen molar-refractivity contribution in [2.45, 2.75) is 45.3 Å². The van der Waals surface area contributed by atoms with Crippen molar-refractivity contribution in [2.24, 2.45) is 11.8 Å². The predicted molar refractivity (Wildman–Crippen MR) is 96.3 cm³/mol. The van der Waals surface area contributed by atoms with E-state index in [1.165, 1.54) is 0 Å². The van der Waals surface area contributed by atoms with Gasteiger partial charge in [-0.15, -0.1) is 0 Å². The summed E-state index contributed by atoms with van der Waals surface area (Å²) in [5, 5.41) is 9.35. The number of amides is 1. The molecule has 1 N–H and O–H groups in total. The molecule has 142 valence electrons. The number of aliphatic carboxylic acids is 1. The van der Waals surface area contributed by atoms with E-state index in [9.17, 15) is 14.7 Å². The lowest BCUT2D eigenvalue weighted by atomic mass is 9.84. The van der Waals surface area contributed by atoms with Gasteiger partial charge in [-0.05, 0) is 51.2 Å². The second kappa shape index (κ2) is 8.08. The average Bonchev–Trinajstić information content (AvgIpc) is 3.11. The van der Waals surface area contributed by atoms with Crippen LogP contribution >= 0.6 is 0 Å². The maximum Gasteiger partial charge on any atom is 0.309 e. The second-order valence-electron chi connectivity index (χ2n) is 7.36. The van der Waals surface area contributed by atoms with Gasteiger partial charge in [0.25, 0.3) is 5.91 Å². The van der Waals surface area contributed by atoms with Crippen LogP contribution in [0.5, 0.6) is 5.75 Å². The molecular weight excluding hydrogens is 334 g/mol. The Balaban J connectivity index is 1.63. The van der Waals surface area contributed by atoms with E-state index >= 15 is 0 Å². The maximum atomic E-state index is 12.9. The third kappa shape index (κ3) is 4.01. The Morgan fingerprint density at radius 2 is 1.88 bits per heavy atom. The van der Waals surface area contributed by atoms with Crippen LogP contribution in [0, 0.1) is 11.8 Å². The summed E-state index contributed by atoms with van der Waals surface area (Å²) in [5.74, 6) is -0.403. The lowest BCUT2D eigenvalue weighted by molar-refractivity contribution is -0.145. The zero-order chi connectivity index (χ0) is 18.7. The summed E-state index contributed by atoms with van der Waals surface area (Å²) in [6.07, 6.45) is 1.91. The summed E-state index contributed by atoms with van der Waals surface area (Å²) >= 11 is 0. The zero-order valence-electron chi connectivity index (χ0n) is 15.4. The summed E-state index contributed by atoms with van der Waals surface area (Å²) in [4.78, 5) is 26.1. The van der Waals surface area contributed by atoms with E-state index in [0.717, 1.165) is 12.8 Å². The van der Waals surface area contributed by atoms with Crippen LogP contribution in [-0.2, 0) is 9.53 Å². The van der Waals surface area contributed by atoms with Crippen molar-refractivity contribution in [1.82, 2.24) is 4.90 Å². The normalized spacial score (nSPS) is 24.0. The number of carbonyl (C=O) groups is 2. The molecule has 1 unspecified atom stereocenters. The van der Waals surface area contributed by atoms with Crippen molar-refractivity contribution >= 4 is 11.9 Å². The Hall–Kier alpha value is -2.08. The van der Waals surface area contributed by atoms with Crippen LogP contribution in [0.4, 0.5) is 0 Å². The Kier molecular flexibility index (Phi) is 5.81. The van der Waals surface area contributed by atoms with Crippen molar-refractivity contribution in [3.8, 4) is 5.75 Å². The molecule has 26 heavy (non-hydrogen) atoms. The first-order valence-corrected chi connectivity index (χ1v) is 9.36. The summed E-state index contributed by atoms with van der Waals surface area (Å²) in [5.41, 5.74) is 0.583. The number of ether oxygens (including phenoxy) is 2. The molecule has 6 heteroatoms. The van der Waals surface area contributed by atoms with Gasteiger partial charge in [0.1, 0.15) is 5.75 Å². The minimum atomic E-state index is -0.772. The van der Waals surface area contributed by atoms with Crippen LogP contribution in [0.1, 0.15) is 43.5 Å². The quantitative estimate of drug-likeness (QED) is 0.873. The first-order valence-electron chi connectivity index (χ1n) is 9.36. The minimum absolute atomic E-state index is 0.00199. The van der Waals surface area contributed by atoms with Crippen LogP contribution in [0.2, 0.25) is 0 Å². The molecule has 1 aromatic carbocycles. The van der Waals surface area contributed by atoms with Gasteiger partial charge in [0.15, 0.2) is 0 Å². The smallest absolute Gasteiger partial charge is 0.309 e. The number of hydrogen-bond acceptors (Lipinski definition) is 4. The fourth-order valence-electron chi connectivity index (χ4n) is 3.94. The van der Waals surface area contributed by atoms with Gasteiger partial charge in [-0.3, -0.25) is 9.59 Å². The van der Waals surface area contributed by atoms with E-state index in [2.05, 4.69) is 0 Å². The average molecular weight is 361 g/mol. The number of likely N-dealkylation sites (tertiary alicyclic amines) is 1. The fourth-order valence-corrected chi connectivity index (χ4v) is 3.94. The van der Waals surface area contributed by atoms with Crippen molar-refractivity contribution < 1.29 is 24.2 Å². The molecule has 0 saturated carbocycles. The van der Waals surface area contributed by atoms with Crippen LogP contribution in [-0.4, -0.2) is 53.8 Å². The molecule has 2 atom stereocenters. The summed E-state index contributed by atoms with van der Waals surface area (Å²) in [6, 6.07) is 7.33. The molecule has 0 bridgehead atoms. The SMILES string of the molecule is CC(C)Oc1ccccc1C(=O)N1CCC([C@@H]2OCCC2C(=O)O)CC1. The van der Waals surface area contributed by atoms with Crippen LogP contribution in [0.25, 0.3) is 0 Å². The molecule has 2 aliphatic heterocycles. The molecule has 2 fully saturated rings. The molecule has 0 spiro atoms. The summed E-state index contributed by atoms with van der Waals surface area (Å²) in [7, 11) is 0. The first-order chi connectivity index (χ1) is 12.5. The maximum absolute atomic E-state index is 12.9. The number of benzene rings is 1. The van der Waals surface area contributed by atoms with Crippen molar-refractivity contribution in [2.75, 3.05) is 19.7 Å². The Morgan fingerprint density at radius 3 is 2.54 bits per heavy atom. The Bertz CT molecular complexity index is 651. The number of para-hydroxylation sites is 1. The van der Waals surface area contributed by atoms with Crippen LogP contribution < -0.4 is 4.74 Å². The van der Waals surface area contributed by atoms with Gasteiger partial charge in [-0.1, -0.05) is 12.1 Å². The third-order valence-corrected chi connectivity index (χ3v) is 5.22. The molecule has 2 heterocycles. The van der Waals surface area contributed by atoms with Crippen molar-refractivity contribution in [1.29, 1.82) is 0 Å². The molecule has 1 aromatic rings. The summed E-state index contributed by atoms with van der Waals surface area (Å²) < 4.78 is 11.5. The number of rotatable bonds is 5. The van der Waals surface area contributed by atoms with Gasteiger partial charge in [0.05, 0.1) is 23.7 Å². The lowest BCUT2D eigenvalue weighted by Crippen LogP contribution is -2.43. The third-order valence-electron chi connectivity index (χ3n) is 5.22. The highest BCUT2D eigenvalue weighted by Gasteiger charge is 2.41. The van der Waals surface area contributed by atoms with Crippen LogP contribution in [0.3, 0.4) is 0 Å². The van der Waals surface area contributed by atoms with E-state index in [0.29, 0.717) is 37.4 Å². The van der Waals surface area contributed by atoms with Crippen molar-refractivity contribution in [3.63, 3.8) is 0 Å². The number of hydrogen-bond donors (Lipinski definition) is 1. The van der Waals surface area contributed by atoms with E-state index in [4.69, 9.17) is 9.47 Å². The lowest BCUT2D eigenvalue weighted by Gasteiger charge is -2.35. The molecule has 0 aromatic heterocycles. The van der Waals surface area contributed by atoms with E-state index in [1.54, 1.807) is 6.07 Å². The standard InChI is InChI=1S/C20H27NO5/c1-13(2)26-17-6-4-3-5-15(17)19(22)21-10-7-14(8-11-21)18-16(20(23)24)9-12-25-18/h3-6,13-14,16,18H,7-12H2,1-2H3,(H,23,24)/t16?,18-/m0/s1. The van der Waals surface area contributed by atoms with E-state index in [-0.39, 0.29) is 24.0 Å². The van der Waals surface area contributed by atoms with Gasteiger partial charge >= 0.3 is 5.97 Å². The monoisotopic (exact) mass is 361 g/mol. The largest absolute Gasteiger partial charge is 0.490 e. The van der Waals surface area contributed by atoms with E-state index < -0.39 is 11.9 Å². The van der Waals surface area contributed by atoms with Crippen molar-refractivity contribution in [3.05, 3.63) is 29.8 Å². The van der Waals surface area contributed by atoms with Gasteiger partial charge in [-0.25, -0.2) is 0 Å². The predicted octanol–water partition coefficient (Wildman–Crippen LogP) is 2.82. The van der Waals surface area contributed by atoms with Gasteiger partial charge in [0, 0.05) is 19.7 Å². The molecule has 2 saturated heterocycles. The molecule has 1 amide bonds. The van der Waals surface area contributed by atoms with Crippen LogP contribution in [0.15, 0.2) is 24.3 Å². The molecule has 6 nitrogen and oxygen atoms in total. The number of piperidine rings is 1. The molecule has 0 radical (unpaired) electrons. The number of carboxylic acid groups (broad SMARTS) is 1.